The molecule has 0 heterocycles. The topological polar surface area (TPSA) is 52.3 Å². The molecule has 16 heavy (non-hydrogen) atoms. The normalized spacial score (nSPS) is 13.2. The first-order valence-corrected chi connectivity index (χ1v) is 5.37. The van der Waals surface area contributed by atoms with Crippen molar-refractivity contribution in [2.24, 2.45) is 5.73 Å². The molecule has 0 spiro atoms. The quantitative estimate of drug-likeness (QED) is 0.851. The van der Waals surface area contributed by atoms with Crippen LogP contribution in [0.3, 0.4) is 0 Å². The van der Waals surface area contributed by atoms with Crippen molar-refractivity contribution in [3.63, 3.8) is 0 Å². The molecule has 0 aromatic heterocycles. The first kappa shape index (κ1) is 12.6. The average molecular weight is 221 g/mol. The van der Waals surface area contributed by atoms with Gasteiger partial charge in [-0.1, -0.05) is 32.9 Å². The van der Waals surface area contributed by atoms with Crippen LogP contribution in [0.4, 0.5) is 0 Å². The van der Waals surface area contributed by atoms with E-state index in [0.29, 0.717) is 5.75 Å². The Morgan fingerprint density at radius 3 is 2.50 bits per heavy atom. The molecule has 1 aromatic rings. The van der Waals surface area contributed by atoms with Gasteiger partial charge in [0.25, 0.3) is 5.91 Å². The van der Waals surface area contributed by atoms with E-state index in [2.05, 4.69) is 20.8 Å². The zero-order chi connectivity index (χ0) is 12.3. The first-order valence-electron chi connectivity index (χ1n) is 5.37. The Morgan fingerprint density at radius 2 is 2.00 bits per heavy atom. The molecule has 0 unspecified atom stereocenters. The molecule has 3 heteroatoms. The van der Waals surface area contributed by atoms with Gasteiger partial charge in [0.2, 0.25) is 0 Å². The molecule has 3 nitrogen and oxygen atoms in total. The molecule has 0 saturated heterocycles. The van der Waals surface area contributed by atoms with Gasteiger partial charge in [0, 0.05) is 0 Å². The molecule has 0 aliphatic rings. The fourth-order valence-electron chi connectivity index (χ4n) is 1.30. The van der Waals surface area contributed by atoms with Crippen LogP contribution in [0, 0.1) is 0 Å². The van der Waals surface area contributed by atoms with Crippen LogP contribution in [0.2, 0.25) is 0 Å². The van der Waals surface area contributed by atoms with Gasteiger partial charge in [0.15, 0.2) is 6.10 Å². The van der Waals surface area contributed by atoms with Gasteiger partial charge >= 0.3 is 0 Å². The second kappa shape index (κ2) is 4.56. The molecular weight excluding hydrogens is 202 g/mol. The fraction of sp³-hybridized carbons (Fsp3) is 0.462. The third-order valence-electron chi connectivity index (χ3n) is 2.41. The fourth-order valence-corrected chi connectivity index (χ4v) is 1.30. The summed E-state index contributed by atoms with van der Waals surface area (Å²) < 4.78 is 5.44. The van der Waals surface area contributed by atoms with Crippen molar-refractivity contribution >= 4 is 5.91 Å². The number of hydrogen-bond acceptors (Lipinski definition) is 2. The van der Waals surface area contributed by atoms with E-state index in [0.717, 1.165) is 0 Å². The third kappa shape index (κ3) is 3.26. The molecule has 0 aliphatic carbocycles. The SMILES string of the molecule is C[C@H](Oc1cccc(C(C)(C)C)c1)C(N)=O. The van der Waals surface area contributed by atoms with Crippen LogP contribution >= 0.6 is 0 Å². The van der Waals surface area contributed by atoms with Crippen molar-refractivity contribution in [2.75, 3.05) is 0 Å². The second-order valence-corrected chi connectivity index (χ2v) is 4.94. The highest BCUT2D eigenvalue weighted by molar-refractivity contribution is 5.78. The zero-order valence-corrected chi connectivity index (χ0v) is 10.3. The summed E-state index contributed by atoms with van der Waals surface area (Å²) in [7, 11) is 0. The molecule has 88 valence electrons. The van der Waals surface area contributed by atoms with E-state index in [1.165, 1.54) is 5.56 Å². The predicted molar refractivity (Wildman–Crippen MR) is 64.4 cm³/mol. The van der Waals surface area contributed by atoms with Gasteiger partial charge in [0.1, 0.15) is 5.75 Å². The van der Waals surface area contributed by atoms with Crippen LogP contribution in [0.25, 0.3) is 0 Å². The summed E-state index contributed by atoms with van der Waals surface area (Å²) >= 11 is 0. The van der Waals surface area contributed by atoms with Crippen molar-refractivity contribution < 1.29 is 9.53 Å². The van der Waals surface area contributed by atoms with E-state index in [1.807, 2.05) is 24.3 Å². The summed E-state index contributed by atoms with van der Waals surface area (Å²) in [6.07, 6.45) is -0.602. The number of benzene rings is 1. The third-order valence-corrected chi connectivity index (χ3v) is 2.41. The van der Waals surface area contributed by atoms with Gasteiger partial charge in [-0.3, -0.25) is 4.79 Å². The summed E-state index contributed by atoms with van der Waals surface area (Å²) in [6.45, 7) is 8.03. The van der Waals surface area contributed by atoms with Crippen LogP contribution in [-0.4, -0.2) is 12.0 Å². The van der Waals surface area contributed by atoms with Crippen molar-refractivity contribution in [3.05, 3.63) is 29.8 Å². The van der Waals surface area contributed by atoms with E-state index >= 15 is 0 Å². The highest BCUT2D eigenvalue weighted by Gasteiger charge is 2.15. The Morgan fingerprint density at radius 1 is 1.38 bits per heavy atom. The molecule has 0 fully saturated rings. The lowest BCUT2D eigenvalue weighted by atomic mass is 9.87. The Labute approximate surface area is 96.6 Å². The van der Waals surface area contributed by atoms with Crippen molar-refractivity contribution in [1.29, 1.82) is 0 Å². The highest BCUT2D eigenvalue weighted by atomic mass is 16.5. The summed E-state index contributed by atoms with van der Waals surface area (Å²) in [4.78, 5) is 10.9. The highest BCUT2D eigenvalue weighted by Crippen LogP contribution is 2.25. The Balaban J connectivity index is 2.87. The maximum Gasteiger partial charge on any atom is 0.258 e. The first-order chi connectivity index (χ1) is 7.30. The minimum atomic E-state index is -0.602. The lowest BCUT2D eigenvalue weighted by molar-refractivity contribution is -0.123. The number of amides is 1. The second-order valence-electron chi connectivity index (χ2n) is 4.94. The van der Waals surface area contributed by atoms with Crippen molar-refractivity contribution in [1.82, 2.24) is 0 Å². The largest absolute Gasteiger partial charge is 0.481 e. The van der Waals surface area contributed by atoms with E-state index in [4.69, 9.17) is 10.5 Å². The lowest BCUT2D eigenvalue weighted by Crippen LogP contribution is -2.30. The van der Waals surface area contributed by atoms with Crippen LogP contribution in [0.5, 0.6) is 5.75 Å². The zero-order valence-electron chi connectivity index (χ0n) is 10.3. The molecule has 0 radical (unpaired) electrons. The molecule has 0 aliphatic heterocycles. The number of carbonyl (C=O) groups excluding carboxylic acids is 1. The monoisotopic (exact) mass is 221 g/mol. The molecule has 1 atom stereocenters. The van der Waals surface area contributed by atoms with Crippen LogP contribution in [0.1, 0.15) is 33.3 Å². The predicted octanol–water partition coefficient (Wildman–Crippen LogP) is 2.24. The van der Waals surface area contributed by atoms with Gasteiger partial charge in [-0.15, -0.1) is 0 Å². The molecule has 1 rings (SSSR count). The minimum Gasteiger partial charge on any atom is -0.481 e. The number of nitrogens with two attached hydrogens (primary N) is 1. The Kier molecular flexibility index (Phi) is 3.58. The van der Waals surface area contributed by atoms with E-state index in [1.54, 1.807) is 6.92 Å². The van der Waals surface area contributed by atoms with Crippen LogP contribution in [0.15, 0.2) is 24.3 Å². The summed E-state index contributed by atoms with van der Waals surface area (Å²) in [5.74, 6) is 0.222. The number of primary amides is 1. The molecule has 1 aromatic carbocycles. The number of hydrogen-bond donors (Lipinski definition) is 1. The van der Waals surface area contributed by atoms with E-state index in [9.17, 15) is 4.79 Å². The molecule has 0 saturated carbocycles. The van der Waals surface area contributed by atoms with Crippen LogP contribution < -0.4 is 10.5 Å². The standard InChI is InChI=1S/C13H19NO2/c1-9(12(14)15)16-11-7-5-6-10(8-11)13(2,3)4/h5-9H,1-4H3,(H2,14,15)/t9-/m0/s1. The lowest BCUT2D eigenvalue weighted by Gasteiger charge is -2.20. The number of ether oxygens (including phenoxy) is 1. The maximum atomic E-state index is 10.9. The van der Waals surface area contributed by atoms with Gasteiger partial charge in [-0.05, 0) is 30.0 Å². The van der Waals surface area contributed by atoms with Gasteiger partial charge < -0.3 is 10.5 Å². The Bertz CT molecular complexity index is 380. The van der Waals surface area contributed by atoms with E-state index < -0.39 is 12.0 Å². The van der Waals surface area contributed by atoms with Crippen molar-refractivity contribution in [3.8, 4) is 5.75 Å². The number of carbonyl (C=O) groups is 1. The smallest absolute Gasteiger partial charge is 0.258 e. The van der Waals surface area contributed by atoms with Gasteiger partial charge in [0.05, 0.1) is 0 Å². The maximum absolute atomic E-state index is 10.9. The molecule has 2 N–H and O–H groups in total. The molecule has 1 amide bonds. The van der Waals surface area contributed by atoms with E-state index in [-0.39, 0.29) is 5.41 Å². The van der Waals surface area contributed by atoms with Gasteiger partial charge in [-0.25, -0.2) is 0 Å². The number of rotatable bonds is 3. The van der Waals surface area contributed by atoms with Crippen molar-refractivity contribution in [2.45, 2.75) is 39.2 Å². The van der Waals surface area contributed by atoms with Crippen LogP contribution in [-0.2, 0) is 10.2 Å². The minimum absolute atomic E-state index is 0.0648. The summed E-state index contributed by atoms with van der Waals surface area (Å²) in [5.41, 5.74) is 6.38. The molecule has 0 bridgehead atoms. The Hall–Kier alpha value is -1.51. The molecular formula is C13H19NO2. The average Bonchev–Trinajstić information content (AvgIpc) is 2.16. The van der Waals surface area contributed by atoms with Gasteiger partial charge in [-0.2, -0.15) is 0 Å². The summed E-state index contributed by atoms with van der Waals surface area (Å²) in [5, 5.41) is 0. The summed E-state index contributed by atoms with van der Waals surface area (Å²) in [6, 6.07) is 7.74.